The average Bonchev–Trinajstić information content (AvgIpc) is 3.43. The fourth-order valence-corrected chi connectivity index (χ4v) is 9.33. The summed E-state index contributed by atoms with van der Waals surface area (Å²) in [7, 11) is -3.80. The van der Waals surface area contributed by atoms with Crippen molar-refractivity contribution in [1.29, 1.82) is 0 Å². The van der Waals surface area contributed by atoms with Crippen molar-refractivity contribution < 1.29 is 37.1 Å². The van der Waals surface area contributed by atoms with Crippen molar-refractivity contribution in [3.63, 3.8) is 0 Å². The van der Waals surface area contributed by atoms with E-state index in [0.29, 0.717) is 60.6 Å². The van der Waals surface area contributed by atoms with Crippen LogP contribution in [0, 0.1) is 11.8 Å². The van der Waals surface area contributed by atoms with Gasteiger partial charge in [0.05, 0.1) is 22.7 Å². The first-order chi connectivity index (χ1) is 31.0. The van der Waals surface area contributed by atoms with Crippen LogP contribution < -0.4 is 27.8 Å². The number of carbonyl (C=O) groups excluding carboxylic acids is 5. The topological polar surface area (TPSA) is 250 Å². The summed E-state index contributed by atoms with van der Waals surface area (Å²) in [4.78, 5) is 69.7. The smallest absolute Gasteiger partial charge is 0.312 e. The third kappa shape index (κ3) is 14.0. The average molecular weight is 913 g/mol. The summed E-state index contributed by atoms with van der Waals surface area (Å²) in [6.45, 7) is 9.90. The van der Waals surface area contributed by atoms with Crippen LogP contribution in [0.3, 0.4) is 0 Å². The van der Waals surface area contributed by atoms with Crippen LogP contribution in [0.5, 0.6) is 0 Å². The molecule has 0 aliphatic carbocycles. The molecule has 0 unspecified atom stereocenters. The number of urea groups is 1. The fraction of sp³-hybridized carbons (Fsp3) is 0.458. The van der Waals surface area contributed by atoms with E-state index in [0.717, 1.165) is 29.5 Å². The normalized spacial score (nSPS) is 15.0. The van der Waals surface area contributed by atoms with Crippen molar-refractivity contribution >= 4 is 57.2 Å². The van der Waals surface area contributed by atoms with Crippen molar-refractivity contribution in [3.05, 3.63) is 89.0 Å². The number of ketones is 1. The van der Waals surface area contributed by atoms with Gasteiger partial charge >= 0.3 is 12.0 Å². The number of rotatable bonds is 23. The van der Waals surface area contributed by atoms with E-state index < -0.39 is 40.0 Å². The number of carbonyl (C=O) groups is 5. The van der Waals surface area contributed by atoms with Gasteiger partial charge in [0.25, 0.3) is 0 Å². The molecule has 1 fully saturated rings. The molecule has 5 rings (SSSR count). The van der Waals surface area contributed by atoms with Crippen LogP contribution in [0.1, 0.15) is 89.3 Å². The molecule has 0 saturated carbocycles. The number of sulfonamides is 1. The Morgan fingerprint density at radius 3 is 2.28 bits per heavy atom. The number of aliphatic imine (C=N–C) groups is 1. The molecule has 2 atom stereocenters. The van der Waals surface area contributed by atoms with E-state index in [1.54, 1.807) is 42.5 Å². The molecule has 1 saturated heterocycles. The minimum atomic E-state index is -3.80. The molecule has 8 N–H and O–H groups in total. The summed E-state index contributed by atoms with van der Waals surface area (Å²) >= 11 is 0. The van der Waals surface area contributed by atoms with Gasteiger partial charge in [-0.15, -0.1) is 0 Å². The third-order valence-corrected chi connectivity index (χ3v) is 13.4. The second-order valence-corrected chi connectivity index (χ2v) is 19.1. The number of esters is 1. The number of nitrogens with one attached hydrogen (secondary N) is 2. The monoisotopic (exact) mass is 912 g/mol. The predicted octanol–water partition coefficient (Wildman–Crippen LogP) is 4.95. The van der Waals surface area contributed by atoms with E-state index in [2.05, 4.69) is 15.6 Å². The highest BCUT2D eigenvalue weighted by atomic mass is 32.2. The Bertz CT molecular complexity index is 2350. The zero-order valence-corrected chi connectivity index (χ0v) is 38.7. The first-order valence-electron chi connectivity index (χ1n) is 22.4. The lowest BCUT2D eigenvalue weighted by Gasteiger charge is -2.38. The van der Waals surface area contributed by atoms with Gasteiger partial charge in [0.2, 0.25) is 21.8 Å². The number of amidine groups is 1. The van der Waals surface area contributed by atoms with Gasteiger partial charge in [-0.25, -0.2) is 18.2 Å². The molecule has 65 heavy (non-hydrogen) atoms. The summed E-state index contributed by atoms with van der Waals surface area (Å²) in [6, 6.07) is 17.2. The Morgan fingerprint density at radius 2 is 1.62 bits per heavy atom. The van der Waals surface area contributed by atoms with E-state index in [-0.39, 0.29) is 73.9 Å². The highest BCUT2D eigenvalue weighted by Gasteiger charge is 2.37. The molecule has 16 nitrogen and oxygen atoms in total. The predicted molar refractivity (Wildman–Crippen MR) is 251 cm³/mol. The minimum absolute atomic E-state index is 0.000201. The Balaban J connectivity index is 1.10. The van der Waals surface area contributed by atoms with Crippen LogP contribution in [0.25, 0.3) is 17.2 Å². The third-order valence-electron chi connectivity index (χ3n) is 11.5. The Labute approximate surface area is 382 Å². The minimum Gasteiger partial charge on any atom is -0.461 e. The van der Waals surface area contributed by atoms with Gasteiger partial charge in [-0.3, -0.25) is 19.2 Å². The molecule has 0 radical (unpaired) electrons. The summed E-state index contributed by atoms with van der Waals surface area (Å²) < 4.78 is 34.3. The van der Waals surface area contributed by atoms with Gasteiger partial charge < -0.3 is 37.5 Å². The van der Waals surface area contributed by atoms with E-state index in [1.807, 2.05) is 62.9 Å². The summed E-state index contributed by atoms with van der Waals surface area (Å²) in [5.74, 6) is -0.874. The van der Waals surface area contributed by atoms with Crippen LogP contribution in [-0.4, -0.2) is 97.9 Å². The first kappa shape index (κ1) is 50.1. The lowest BCUT2D eigenvalue weighted by Crippen LogP contribution is -2.50. The highest BCUT2D eigenvalue weighted by Crippen LogP contribution is 2.34. The second kappa shape index (κ2) is 23.3. The highest BCUT2D eigenvalue weighted by molar-refractivity contribution is 7.89. The molecule has 350 valence electrons. The standard InChI is InChI=1S/C48H64N8O8S/c1-5-21-55(22-6-2)47(60)38-24-37-18-17-36(26-41(37)53-43(49)27-38)35-9-7-10-39(25-35)65(62,63)56-28-34(29-56)16-19-44(58)64-30-33-14-12-32(13-15-33)23-42(57)40(11-8-20-52-48(51)61)54-46(59)45(50)31(3)4/h7,9-10,12-15,17-18,24-26,31,34,40,45H,5-6,8,11,16,19-23,27-30,50H2,1-4H3,(H2,49,53)(H,54,59)(H3,51,52,61)/t40-,45-/m0/s1. The van der Waals surface area contributed by atoms with Crippen molar-refractivity contribution in [2.75, 3.05) is 32.7 Å². The first-order valence-corrected chi connectivity index (χ1v) is 23.9. The number of benzene rings is 3. The number of nitrogens with two attached hydrogens (primary N) is 3. The van der Waals surface area contributed by atoms with Crippen LogP contribution >= 0.6 is 0 Å². The summed E-state index contributed by atoms with van der Waals surface area (Å²) in [5, 5.41) is 5.24. The molecule has 17 heteroatoms. The van der Waals surface area contributed by atoms with Crippen molar-refractivity contribution in [3.8, 4) is 11.1 Å². The van der Waals surface area contributed by atoms with Crippen molar-refractivity contribution in [2.24, 2.45) is 34.0 Å². The maximum Gasteiger partial charge on any atom is 0.312 e. The number of Topliss-reactive ketones (excluding diaryl/α,β-unsaturated/α-hetero) is 1. The van der Waals surface area contributed by atoms with E-state index in [4.69, 9.17) is 21.9 Å². The number of nitrogens with zero attached hydrogens (tertiary/aromatic N) is 3. The maximum absolute atomic E-state index is 13.7. The Kier molecular flexibility index (Phi) is 18.0. The number of ether oxygens (including phenoxy) is 1. The number of hydrogen-bond acceptors (Lipinski definition) is 11. The second-order valence-electron chi connectivity index (χ2n) is 17.2. The van der Waals surface area contributed by atoms with Crippen LogP contribution in [0.15, 0.2) is 82.2 Å². The molecule has 2 aliphatic rings. The van der Waals surface area contributed by atoms with Gasteiger partial charge in [-0.05, 0) is 90.5 Å². The molecule has 0 spiro atoms. The molecule has 3 aromatic rings. The Hall–Kier alpha value is -5.91. The zero-order chi connectivity index (χ0) is 47.3. The molecule has 2 aliphatic heterocycles. The van der Waals surface area contributed by atoms with E-state index in [1.165, 1.54) is 4.31 Å². The quantitative estimate of drug-likeness (QED) is 0.0633. The summed E-state index contributed by atoms with van der Waals surface area (Å²) in [6.07, 6.45) is 5.16. The largest absolute Gasteiger partial charge is 0.461 e. The molecule has 4 amide bonds. The zero-order valence-electron chi connectivity index (χ0n) is 37.9. The van der Waals surface area contributed by atoms with E-state index >= 15 is 0 Å². The molecule has 2 heterocycles. The molecule has 0 bridgehead atoms. The maximum atomic E-state index is 13.7. The number of fused-ring (bicyclic) bond motifs is 1. The van der Waals surface area contributed by atoms with Crippen LogP contribution in [0.2, 0.25) is 0 Å². The van der Waals surface area contributed by atoms with Crippen LogP contribution in [-0.2, 0) is 47.0 Å². The lowest BCUT2D eigenvalue weighted by atomic mass is 9.97. The fourth-order valence-electron chi connectivity index (χ4n) is 7.69. The summed E-state index contributed by atoms with van der Waals surface area (Å²) in [5.41, 5.74) is 22.3. The molecule has 3 aromatic carbocycles. The molecule has 0 aromatic heterocycles. The van der Waals surface area contributed by atoms with Crippen LogP contribution in [0.4, 0.5) is 10.5 Å². The molecular weight excluding hydrogens is 849 g/mol. The van der Waals surface area contributed by atoms with E-state index in [9.17, 15) is 32.4 Å². The van der Waals surface area contributed by atoms with Crippen molar-refractivity contribution in [2.45, 2.75) is 103 Å². The lowest BCUT2D eigenvalue weighted by molar-refractivity contribution is -0.145. The number of hydrogen-bond donors (Lipinski definition) is 5. The van der Waals surface area contributed by atoms with Crippen molar-refractivity contribution in [1.82, 2.24) is 19.8 Å². The molecular formula is C48H64N8O8S. The SMILES string of the molecule is CCCN(CCC)C(=O)C1=Cc2ccc(-c3cccc(S(=O)(=O)N4CC(CCC(=O)OCc5ccc(CC(=O)[C@H](CCCNC(N)=O)NC(=O)[C@@H](N)C(C)C)cc5)C4)c3)cc2N=C(N)C1. The number of primary amides is 1. The Morgan fingerprint density at radius 1 is 0.938 bits per heavy atom. The van der Waals surface area contributed by atoms with Gasteiger partial charge in [-0.1, -0.05) is 76.2 Å². The van der Waals surface area contributed by atoms with Gasteiger partial charge in [0.15, 0.2) is 5.78 Å². The van der Waals surface area contributed by atoms with Gasteiger partial charge in [0.1, 0.15) is 12.4 Å². The number of amides is 4. The van der Waals surface area contributed by atoms with Gasteiger partial charge in [0, 0.05) is 63.1 Å². The van der Waals surface area contributed by atoms with Gasteiger partial charge in [-0.2, -0.15) is 4.31 Å².